The fraction of sp³-hybridized carbons (Fsp3) is 1.00. The molecule has 0 amide bonds. The minimum Gasteiger partial charge on any atom is -0.313 e. The predicted octanol–water partition coefficient (Wildman–Crippen LogP) is 2.30. The normalized spacial score (nSPS) is 32.3. The van der Waals surface area contributed by atoms with E-state index in [1.54, 1.807) is 0 Å². The van der Waals surface area contributed by atoms with Gasteiger partial charge in [0.05, 0.1) is 0 Å². The fourth-order valence-corrected chi connectivity index (χ4v) is 5.43. The van der Waals surface area contributed by atoms with Gasteiger partial charge in [-0.1, -0.05) is 13.3 Å². The number of rotatable bonds is 4. The van der Waals surface area contributed by atoms with Gasteiger partial charge >= 0.3 is 0 Å². The minimum absolute atomic E-state index is 0.740. The Labute approximate surface area is 115 Å². The summed E-state index contributed by atoms with van der Waals surface area (Å²) in [5, 5.41) is 4.58. The van der Waals surface area contributed by atoms with Gasteiger partial charge in [0, 0.05) is 41.6 Å². The summed E-state index contributed by atoms with van der Waals surface area (Å²) in [7, 11) is 0. The molecular formula is C13H26N2S2. The van der Waals surface area contributed by atoms with E-state index in [4.69, 9.17) is 0 Å². The Morgan fingerprint density at radius 2 is 2.29 bits per heavy atom. The maximum atomic E-state index is 3.70. The zero-order chi connectivity index (χ0) is 11.9. The minimum atomic E-state index is 0.740. The average molecular weight is 274 g/mol. The Hall–Kier alpha value is 0.620. The maximum Gasteiger partial charge on any atom is 0.0265 e. The molecule has 4 heteroatoms. The van der Waals surface area contributed by atoms with E-state index in [1.165, 1.54) is 62.7 Å². The van der Waals surface area contributed by atoms with Gasteiger partial charge in [-0.3, -0.25) is 0 Å². The number of nitrogens with zero attached hydrogens (tertiary/aromatic N) is 1. The van der Waals surface area contributed by atoms with E-state index in [0.717, 1.165) is 11.3 Å². The highest BCUT2D eigenvalue weighted by atomic mass is 32.2. The second-order valence-corrected chi connectivity index (χ2v) is 7.68. The lowest BCUT2D eigenvalue weighted by Gasteiger charge is -2.29. The second kappa shape index (κ2) is 7.93. The number of nitrogens with one attached hydrogen (secondary N) is 1. The summed E-state index contributed by atoms with van der Waals surface area (Å²) in [6, 6.07) is 0.740. The van der Waals surface area contributed by atoms with Gasteiger partial charge in [-0.05, 0) is 25.9 Å². The van der Waals surface area contributed by atoms with Gasteiger partial charge in [-0.15, -0.1) is 0 Å². The predicted molar refractivity (Wildman–Crippen MR) is 81.3 cm³/mol. The van der Waals surface area contributed by atoms with E-state index < -0.39 is 0 Å². The van der Waals surface area contributed by atoms with Crippen molar-refractivity contribution in [3.05, 3.63) is 0 Å². The molecule has 0 aromatic heterocycles. The molecule has 2 unspecified atom stereocenters. The summed E-state index contributed by atoms with van der Waals surface area (Å²) >= 11 is 4.34. The number of hydrogen-bond donors (Lipinski definition) is 1. The highest BCUT2D eigenvalue weighted by molar-refractivity contribution is 8.06. The molecule has 0 spiro atoms. The van der Waals surface area contributed by atoms with Crippen molar-refractivity contribution in [2.45, 2.75) is 37.5 Å². The van der Waals surface area contributed by atoms with Crippen LogP contribution >= 0.6 is 23.5 Å². The Balaban J connectivity index is 1.77. The van der Waals surface area contributed by atoms with Gasteiger partial charge in [-0.25, -0.2) is 0 Å². The van der Waals surface area contributed by atoms with Crippen LogP contribution in [0.3, 0.4) is 0 Å². The summed E-state index contributed by atoms with van der Waals surface area (Å²) in [5.41, 5.74) is 0. The molecule has 2 aliphatic heterocycles. The molecule has 2 saturated heterocycles. The SMILES string of the molecule is CCCC1CN(CC2CSCCS2)CCCN1. The summed E-state index contributed by atoms with van der Waals surface area (Å²) in [6.45, 7) is 7.41. The maximum absolute atomic E-state index is 3.70. The molecule has 100 valence electrons. The van der Waals surface area contributed by atoms with Gasteiger partial charge in [0.2, 0.25) is 0 Å². The topological polar surface area (TPSA) is 15.3 Å². The third-order valence-electron chi connectivity index (χ3n) is 3.55. The van der Waals surface area contributed by atoms with Crippen LogP contribution in [0.5, 0.6) is 0 Å². The number of hydrogen-bond acceptors (Lipinski definition) is 4. The van der Waals surface area contributed by atoms with Gasteiger partial charge in [0.15, 0.2) is 0 Å². The summed E-state index contributed by atoms with van der Waals surface area (Å²) < 4.78 is 0. The van der Waals surface area contributed by atoms with E-state index >= 15 is 0 Å². The lowest BCUT2D eigenvalue weighted by atomic mass is 10.1. The first-order valence-electron chi connectivity index (χ1n) is 7.03. The molecule has 0 radical (unpaired) electrons. The molecule has 0 saturated carbocycles. The van der Waals surface area contributed by atoms with E-state index in [-0.39, 0.29) is 0 Å². The molecule has 0 aromatic rings. The van der Waals surface area contributed by atoms with Crippen LogP contribution in [-0.2, 0) is 0 Å². The molecule has 1 N–H and O–H groups in total. The van der Waals surface area contributed by atoms with Crippen molar-refractivity contribution in [3.63, 3.8) is 0 Å². The van der Waals surface area contributed by atoms with Crippen LogP contribution in [0, 0.1) is 0 Å². The van der Waals surface area contributed by atoms with Gasteiger partial charge in [0.1, 0.15) is 0 Å². The van der Waals surface area contributed by atoms with Crippen LogP contribution < -0.4 is 5.32 Å². The summed E-state index contributed by atoms with van der Waals surface area (Å²) in [5.74, 6) is 4.09. The third-order valence-corrected chi connectivity index (χ3v) is 6.37. The van der Waals surface area contributed by atoms with E-state index in [0.29, 0.717) is 0 Å². The molecule has 2 heterocycles. The Bertz CT molecular complexity index is 208. The molecule has 2 rings (SSSR count). The molecule has 0 aliphatic carbocycles. The monoisotopic (exact) mass is 274 g/mol. The molecule has 0 aromatic carbocycles. The molecule has 2 fully saturated rings. The first-order valence-corrected chi connectivity index (χ1v) is 9.24. The molecule has 0 bridgehead atoms. The smallest absolute Gasteiger partial charge is 0.0265 e. The molecule has 17 heavy (non-hydrogen) atoms. The first kappa shape index (κ1) is 14.0. The summed E-state index contributed by atoms with van der Waals surface area (Å²) in [4.78, 5) is 2.71. The van der Waals surface area contributed by atoms with Crippen LogP contribution in [0.2, 0.25) is 0 Å². The lowest BCUT2D eigenvalue weighted by Crippen LogP contribution is -2.41. The first-order chi connectivity index (χ1) is 8.38. The molecule has 2 aliphatic rings. The Kier molecular flexibility index (Phi) is 6.54. The fourth-order valence-electron chi connectivity index (χ4n) is 2.71. The Morgan fingerprint density at radius 3 is 3.06 bits per heavy atom. The van der Waals surface area contributed by atoms with Crippen LogP contribution in [-0.4, -0.2) is 59.6 Å². The quantitative estimate of drug-likeness (QED) is 0.846. The van der Waals surface area contributed by atoms with Gasteiger partial charge in [0.25, 0.3) is 0 Å². The third kappa shape index (κ3) is 5.01. The number of thioether (sulfide) groups is 2. The van der Waals surface area contributed by atoms with Crippen molar-refractivity contribution >= 4 is 23.5 Å². The standard InChI is InChI=1S/C13H26N2S2/c1-2-4-12-9-15(6-3-5-14-12)10-13-11-16-7-8-17-13/h12-14H,2-11H2,1H3. The molecule has 2 nitrogen and oxygen atoms in total. The van der Waals surface area contributed by atoms with Crippen LogP contribution in [0.15, 0.2) is 0 Å². The molecular weight excluding hydrogens is 248 g/mol. The van der Waals surface area contributed by atoms with Crippen molar-refractivity contribution in [1.82, 2.24) is 10.2 Å². The van der Waals surface area contributed by atoms with E-state index in [1.807, 2.05) is 0 Å². The zero-order valence-electron chi connectivity index (χ0n) is 11.0. The zero-order valence-corrected chi connectivity index (χ0v) is 12.6. The van der Waals surface area contributed by atoms with Crippen molar-refractivity contribution < 1.29 is 0 Å². The summed E-state index contributed by atoms with van der Waals surface area (Å²) in [6.07, 6.45) is 3.97. The molecule has 2 atom stereocenters. The van der Waals surface area contributed by atoms with Gasteiger partial charge < -0.3 is 10.2 Å². The Morgan fingerprint density at radius 1 is 1.35 bits per heavy atom. The van der Waals surface area contributed by atoms with Crippen molar-refractivity contribution in [2.24, 2.45) is 0 Å². The van der Waals surface area contributed by atoms with E-state index in [2.05, 4.69) is 40.7 Å². The van der Waals surface area contributed by atoms with Crippen LogP contribution in [0.25, 0.3) is 0 Å². The second-order valence-electron chi connectivity index (χ2n) is 5.12. The van der Waals surface area contributed by atoms with E-state index in [9.17, 15) is 0 Å². The van der Waals surface area contributed by atoms with Crippen molar-refractivity contribution in [2.75, 3.05) is 43.4 Å². The van der Waals surface area contributed by atoms with Crippen molar-refractivity contribution in [3.8, 4) is 0 Å². The lowest BCUT2D eigenvalue weighted by molar-refractivity contribution is 0.266. The largest absolute Gasteiger partial charge is 0.313 e. The highest BCUT2D eigenvalue weighted by Crippen LogP contribution is 2.25. The average Bonchev–Trinajstić information content (AvgIpc) is 2.56. The van der Waals surface area contributed by atoms with Crippen LogP contribution in [0.4, 0.5) is 0 Å². The van der Waals surface area contributed by atoms with Crippen LogP contribution in [0.1, 0.15) is 26.2 Å². The highest BCUT2D eigenvalue weighted by Gasteiger charge is 2.21. The van der Waals surface area contributed by atoms with Gasteiger partial charge in [-0.2, -0.15) is 23.5 Å². The van der Waals surface area contributed by atoms with Crippen molar-refractivity contribution in [1.29, 1.82) is 0 Å².